The van der Waals surface area contributed by atoms with Crippen LogP contribution in [0, 0.1) is 6.92 Å². The van der Waals surface area contributed by atoms with E-state index in [0.717, 1.165) is 29.3 Å². The number of unbranched alkanes of at least 4 members (excludes halogenated alkanes) is 2. The Kier molecular flexibility index (Phi) is 9.54. The number of aryl methyl sites for hydroxylation is 2. The van der Waals surface area contributed by atoms with Gasteiger partial charge in [-0.05, 0) is 37.5 Å². The summed E-state index contributed by atoms with van der Waals surface area (Å²) in [6, 6.07) is 6.25. The Balaban J connectivity index is 0.000000512. The Hall–Kier alpha value is -2.56. The van der Waals surface area contributed by atoms with Gasteiger partial charge in [0, 0.05) is 25.0 Å². The van der Waals surface area contributed by atoms with Crippen molar-refractivity contribution in [2.75, 3.05) is 27.7 Å². The van der Waals surface area contributed by atoms with E-state index < -0.39 is 22.1 Å². The summed E-state index contributed by atoms with van der Waals surface area (Å²) < 4.78 is 35.9. The molecule has 9 nitrogen and oxygen atoms in total. The molecular weight excluding hydrogens is 424 g/mol. The second kappa shape index (κ2) is 11.2. The lowest BCUT2D eigenvalue weighted by Gasteiger charge is -2.23. The van der Waals surface area contributed by atoms with Gasteiger partial charge < -0.3 is 24.0 Å². The molecule has 0 saturated carbocycles. The van der Waals surface area contributed by atoms with Crippen LogP contribution in [0.4, 0.5) is 0 Å². The molecule has 2 rings (SSSR count). The van der Waals surface area contributed by atoms with Crippen LogP contribution in [-0.2, 0) is 26.3 Å². The molecule has 10 heteroatoms. The number of likely N-dealkylation sites (N-methyl/N-ethyl adjacent to an activating group) is 1. The quantitative estimate of drug-likeness (QED) is 0.251. The third-order valence-corrected chi connectivity index (χ3v) is 5.22. The van der Waals surface area contributed by atoms with Gasteiger partial charge in [0.05, 0.1) is 37.4 Å². The third kappa shape index (κ3) is 9.86. The highest BCUT2D eigenvalue weighted by atomic mass is 32.2. The summed E-state index contributed by atoms with van der Waals surface area (Å²) >= 11 is 0. The number of nitrogens with zero attached hydrogens (tertiary/aromatic N) is 2. The number of aromatic nitrogens is 1. The van der Waals surface area contributed by atoms with Crippen molar-refractivity contribution >= 4 is 33.0 Å². The van der Waals surface area contributed by atoms with E-state index in [9.17, 15) is 27.7 Å². The number of fused-ring (bicyclic) bond motifs is 1. The first-order chi connectivity index (χ1) is 14.2. The van der Waals surface area contributed by atoms with E-state index in [0.29, 0.717) is 17.4 Å². The zero-order valence-electron chi connectivity index (χ0n) is 18.3. The van der Waals surface area contributed by atoms with Gasteiger partial charge in [-0.2, -0.15) is 4.57 Å². The van der Waals surface area contributed by atoms with Crippen LogP contribution in [0.15, 0.2) is 35.4 Å². The molecule has 0 unspecified atom stereocenters. The molecule has 0 atom stereocenters. The summed E-state index contributed by atoms with van der Waals surface area (Å²) in [7, 11) is 0.933. The monoisotopic (exact) mass is 454 g/mol. The van der Waals surface area contributed by atoms with Crippen LogP contribution >= 0.6 is 0 Å². The number of carboxylic acids is 2. The third-order valence-electron chi connectivity index (χ3n) is 4.39. The lowest BCUT2D eigenvalue weighted by molar-refractivity contribution is -0.864. The molecule has 0 radical (unpaired) electrons. The summed E-state index contributed by atoms with van der Waals surface area (Å²) in [6.07, 6.45) is 4.36. The molecule has 0 spiro atoms. The van der Waals surface area contributed by atoms with E-state index in [1.165, 1.54) is 12.1 Å². The second-order valence-electron chi connectivity index (χ2n) is 8.35. The average Bonchev–Trinajstić information content (AvgIpc) is 2.60. The minimum Gasteiger partial charge on any atom is -0.744 e. The Morgan fingerprint density at radius 2 is 1.74 bits per heavy atom. The smallest absolute Gasteiger partial charge is 0.303 e. The Labute approximate surface area is 182 Å². The van der Waals surface area contributed by atoms with Gasteiger partial charge in [-0.25, -0.2) is 8.42 Å². The maximum Gasteiger partial charge on any atom is 0.303 e. The number of hydrogen-bond acceptors (Lipinski definition) is 6. The molecule has 0 bridgehead atoms. The normalized spacial score (nSPS) is 11.6. The molecule has 0 amide bonds. The topological polar surface area (TPSA) is 139 Å². The largest absolute Gasteiger partial charge is 0.744 e. The molecule has 31 heavy (non-hydrogen) atoms. The van der Waals surface area contributed by atoms with Crippen molar-refractivity contribution in [3.05, 3.63) is 36.0 Å². The number of rotatable bonds is 9. The summed E-state index contributed by atoms with van der Waals surface area (Å²) in [4.78, 5) is 20.1. The fourth-order valence-corrected chi connectivity index (χ4v) is 3.42. The van der Waals surface area contributed by atoms with Crippen molar-refractivity contribution in [2.24, 2.45) is 0 Å². The average molecular weight is 455 g/mol. The van der Waals surface area contributed by atoms with Gasteiger partial charge in [0.2, 0.25) is 5.52 Å². The Morgan fingerprint density at radius 1 is 1.10 bits per heavy atom. The first-order valence-corrected chi connectivity index (χ1v) is 11.2. The predicted octanol–water partition coefficient (Wildman–Crippen LogP) is 0.427. The highest BCUT2D eigenvalue weighted by molar-refractivity contribution is 7.85. The predicted molar refractivity (Wildman–Crippen MR) is 111 cm³/mol. The van der Waals surface area contributed by atoms with E-state index in [-0.39, 0.29) is 17.9 Å². The van der Waals surface area contributed by atoms with Crippen LogP contribution in [0.5, 0.6) is 0 Å². The molecule has 1 N–H and O–H groups in total. The lowest BCUT2D eigenvalue weighted by atomic mass is 10.1. The van der Waals surface area contributed by atoms with Gasteiger partial charge in [0.25, 0.3) is 0 Å². The van der Waals surface area contributed by atoms with Crippen molar-refractivity contribution in [3.63, 3.8) is 0 Å². The summed E-state index contributed by atoms with van der Waals surface area (Å²) in [5.74, 6) is -1.79. The first kappa shape index (κ1) is 26.5. The molecule has 1 aromatic heterocycles. The van der Waals surface area contributed by atoms with Crippen LogP contribution in [0.1, 0.15) is 31.2 Å². The van der Waals surface area contributed by atoms with E-state index in [2.05, 4.69) is 0 Å². The number of carbonyl (C=O) groups excluding carboxylic acids is 1. The molecule has 0 fully saturated rings. The van der Waals surface area contributed by atoms with Crippen LogP contribution in [0.3, 0.4) is 0 Å². The van der Waals surface area contributed by atoms with Crippen molar-refractivity contribution in [2.45, 2.75) is 44.0 Å². The van der Waals surface area contributed by atoms with Crippen molar-refractivity contribution in [1.29, 1.82) is 0 Å². The van der Waals surface area contributed by atoms with E-state index in [1.807, 2.05) is 23.8 Å². The number of aliphatic carboxylic acids is 2. The molecular formula is C21H30N2O7S. The number of pyridine rings is 1. The SMILES string of the molecule is C[N+](C)(C)CC(=O)[O-].Cc1cc[n+](CCCCCC(=O)O)c2ccc(S(=O)(=O)[O-])cc12. The highest BCUT2D eigenvalue weighted by Gasteiger charge is 2.13. The van der Waals surface area contributed by atoms with Crippen LogP contribution in [0.2, 0.25) is 0 Å². The Morgan fingerprint density at radius 3 is 2.23 bits per heavy atom. The maximum absolute atomic E-state index is 11.2. The molecule has 1 aromatic carbocycles. The fourth-order valence-electron chi connectivity index (χ4n) is 2.93. The highest BCUT2D eigenvalue weighted by Crippen LogP contribution is 2.19. The van der Waals surface area contributed by atoms with Crippen molar-refractivity contribution in [1.82, 2.24) is 0 Å². The zero-order valence-corrected chi connectivity index (χ0v) is 19.1. The molecule has 0 aliphatic rings. The van der Waals surface area contributed by atoms with Gasteiger partial charge in [0.1, 0.15) is 23.2 Å². The van der Waals surface area contributed by atoms with Crippen molar-refractivity contribution < 1.29 is 41.8 Å². The number of carboxylic acid groups (broad SMARTS) is 2. The number of benzene rings is 1. The number of quaternary nitrogens is 1. The van der Waals surface area contributed by atoms with E-state index >= 15 is 0 Å². The Bertz CT molecular complexity index is 1030. The minimum atomic E-state index is -4.47. The van der Waals surface area contributed by atoms with E-state index in [4.69, 9.17) is 5.11 Å². The maximum atomic E-state index is 11.2. The summed E-state index contributed by atoms with van der Waals surface area (Å²) in [5.41, 5.74) is 1.75. The van der Waals surface area contributed by atoms with Crippen LogP contribution in [-0.4, -0.2) is 62.2 Å². The van der Waals surface area contributed by atoms with Gasteiger partial charge in [-0.3, -0.25) is 4.79 Å². The fraction of sp³-hybridized carbons (Fsp3) is 0.476. The van der Waals surface area contributed by atoms with Crippen LogP contribution < -0.4 is 9.67 Å². The molecule has 172 valence electrons. The van der Waals surface area contributed by atoms with Gasteiger partial charge >= 0.3 is 5.97 Å². The zero-order chi connectivity index (χ0) is 23.8. The number of hydrogen-bond donors (Lipinski definition) is 1. The molecule has 2 aromatic rings. The van der Waals surface area contributed by atoms with Gasteiger partial charge in [-0.15, -0.1) is 0 Å². The van der Waals surface area contributed by atoms with Crippen LogP contribution in [0.25, 0.3) is 10.9 Å². The summed E-state index contributed by atoms with van der Waals surface area (Å²) in [6.45, 7) is 2.64. The summed E-state index contributed by atoms with van der Waals surface area (Å²) in [5, 5.41) is 19.2. The molecule has 1 heterocycles. The second-order valence-corrected chi connectivity index (χ2v) is 9.73. The first-order valence-electron chi connectivity index (χ1n) is 9.81. The van der Waals surface area contributed by atoms with Gasteiger partial charge in [-0.1, -0.05) is 0 Å². The molecule has 0 aliphatic heterocycles. The van der Waals surface area contributed by atoms with Crippen molar-refractivity contribution in [3.8, 4) is 0 Å². The standard InChI is InChI=1S/C16H19NO5S.C5H11NO2/c1-12-8-10-17(9-4-2-3-5-16(18)19)15-7-6-13(11-14(12)15)23(20,21)22;1-6(2,3)4-5(7)8/h6-8,10-11H,2-5,9H2,1H3,(H-,18,19,20,21,22);4H2,1-3H3. The van der Waals surface area contributed by atoms with Gasteiger partial charge in [0.15, 0.2) is 6.20 Å². The number of carbonyl (C=O) groups is 2. The lowest BCUT2D eigenvalue weighted by Crippen LogP contribution is -2.45. The minimum absolute atomic E-state index is 0.0694. The van der Waals surface area contributed by atoms with E-state index in [1.54, 1.807) is 27.2 Å². The molecule has 0 saturated heterocycles. The molecule has 0 aliphatic carbocycles.